The maximum absolute atomic E-state index is 13.0. The Morgan fingerprint density at radius 1 is 1.04 bits per heavy atom. The van der Waals surface area contributed by atoms with Crippen molar-refractivity contribution in [2.24, 2.45) is 0 Å². The van der Waals surface area contributed by atoms with Gasteiger partial charge in [0.05, 0.1) is 31.9 Å². The summed E-state index contributed by atoms with van der Waals surface area (Å²) in [5.74, 6) is -2.01. The van der Waals surface area contributed by atoms with Gasteiger partial charge in [0.1, 0.15) is 0 Å². The Morgan fingerprint density at radius 2 is 1.63 bits per heavy atom. The second kappa shape index (κ2) is 8.37. The van der Waals surface area contributed by atoms with Crippen molar-refractivity contribution in [2.45, 2.75) is 19.2 Å². The van der Waals surface area contributed by atoms with Gasteiger partial charge in [0.25, 0.3) is 5.91 Å². The SMILES string of the molecule is CC(OC(=O)c1c(Cl)ccc(Cl)c1Cl)C(=O)Nc1ccccc1C(F)(F)F. The average Bonchev–Trinajstić information content (AvgIpc) is 2.58. The number of para-hydroxylation sites is 1. The summed E-state index contributed by atoms with van der Waals surface area (Å²) in [7, 11) is 0. The summed E-state index contributed by atoms with van der Waals surface area (Å²) in [5.41, 5.74) is -1.74. The van der Waals surface area contributed by atoms with Crippen molar-refractivity contribution in [1.29, 1.82) is 0 Å². The van der Waals surface area contributed by atoms with Crippen LogP contribution < -0.4 is 5.32 Å². The van der Waals surface area contributed by atoms with Crippen molar-refractivity contribution >= 4 is 52.4 Å². The van der Waals surface area contributed by atoms with Crippen LogP contribution in [-0.4, -0.2) is 18.0 Å². The van der Waals surface area contributed by atoms with Crippen LogP contribution in [0.15, 0.2) is 36.4 Å². The van der Waals surface area contributed by atoms with Crippen LogP contribution in [0.4, 0.5) is 18.9 Å². The van der Waals surface area contributed by atoms with Gasteiger partial charge in [0, 0.05) is 0 Å². The topological polar surface area (TPSA) is 55.4 Å². The van der Waals surface area contributed by atoms with E-state index in [1.165, 1.54) is 31.2 Å². The Hall–Kier alpha value is -1.96. The molecule has 0 fully saturated rings. The molecule has 4 nitrogen and oxygen atoms in total. The number of anilines is 1. The van der Waals surface area contributed by atoms with Crippen LogP contribution in [0.1, 0.15) is 22.8 Å². The van der Waals surface area contributed by atoms with E-state index in [2.05, 4.69) is 5.32 Å². The lowest BCUT2D eigenvalue weighted by Crippen LogP contribution is -2.31. The number of hydrogen-bond acceptors (Lipinski definition) is 3. The molecule has 144 valence electrons. The first-order valence-electron chi connectivity index (χ1n) is 7.34. The smallest absolute Gasteiger partial charge is 0.418 e. The fourth-order valence-corrected chi connectivity index (χ4v) is 2.74. The molecule has 0 aromatic heterocycles. The van der Waals surface area contributed by atoms with Crippen molar-refractivity contribution < 1.29 is 27.5 Å². The quantitative estimate of drug-likeness (QED) is 0.479. The number of benzene rings is 2. The molecule has 0 aliphatic carbocycles. The van der Waals surface area contributed by atoms with Crippen LogP contribution in [-0.2, 0) is 15.7 Å². The standard InChI is InChI=1S/C17H11Cl3F3NO3/c1-8(27-16(26)13-10(18)6-7-11(19)14(13)20)15(25)24-12-5-3-2-4-9(12)17(21,22)23/h2-8H,1H3,(H,24,25). The lowest BCUT2D eigenvalue weighted by molar-refractivity contribution is -0.137. The zero-order valence-corrected chi connectivity index (χ0v) is 15.8. The zero-order chi connectivity index (χ0) is 20.4. The van der Waals surface area contributed by atoms with Crippen LogP contribution in [0.25, 0.3) is 0 Å². The molecular weight excluding hydrogens is 430 g/mol. The Kier molecular flexibility index (Phi) is 6.62. The van der Waals surface area contributed by atoms with E-state index in [1.54, 1.807) is 0 Å². The molecule has 0 bridgehead atoms. The molecule has 10 heteroatoms. The number of carbonyl (C=O) groups excluding carboxylic acids is 2. The monoisotopic (exact) mass is 439 g/mol. The Morgan fingerprint density at radius 3 is 2.26 bits per heavy atom. The van der Waals surface area contributed by atoms with Crippen molar-refractivity contribution in [3.8, 4) is 0 Å². The third-order valence-corrected chi connectivity index (χ3v) is 4.51. The summed E-state index contributed by atoms with van der Waals surface area (Å²) in [5, 5.41) is 1.92. The highest BCUT2D eigenvalue weighted by Gasteiger charge is 2.34. The summed E-state index contributed by atoms with van der Waals surface area (Å²) < 4.78 is 43.9. The number of halogens is 6. The van der Waals surface area contributed by atoms with E-state index < -0.39 is 35.4 Å². The maximum atomic E-state index is 13.0. The number of carbonyl (C=O) groups is 2. The highest BCUT2D eigenvalue weighted by atomic mass is 35.5. The van der Waals surface area contributed by atoms with Gasteiger partial charge in [-0.05, 0) is 31.2 Å². The fourth-order valence-electron chi connectivity index (χ4n) is 2.06. The Bertz CT molecular complexity index is 887. The van der Waals surface area contributed by atoms with Crippen LogP contribution in [0, 0.1) is 0 Å². The van der Waals surface area contributed by atoms with E-state index >= 15 is 0 Å². The summed E-state index contributed by atoms with van der Waals surface area (Å²) >= 11 is 17.6. The van der Waals surface area contributed by atoms with Crippen LogP contribution in [0.2, 0.25) is 15.1 Å². The number of rotatable bonds is 4. The van der Waals surface area contributed by atoms with Crippen molar-refractivity contribution in [3.05, 3.63) is 62.6 Å². The number of ether oxygens (including phenoxy) is 1. The van der Waals surface area contributed by atoms with E-state index in [4.69, 9.17) is 39.5 Å². The summed E-state index contributed by atoms with van der Waals surface area (Å²) in [6.07, 6.45) is -6.09. The number of hydrogen-bond donors (Lipinski definition) is 1. The molecule has 0 radical (unpaired) electrons. The van der Waals surface area contributed by atoms with Gasteiger partial charge in [-0.1, -0.05) is 46.9 Å². The van der Waals surface area contributed by atoms with Gasteiger partial charge in [0.15, 0.2) is 6.10 Å². The van der Waals surface area contributed by atoms with Gasteiger partial charge in [-0.25, -0.2) is 4.79 Å². The first kappa shape index (κ1) is 21.3. The van der Waals surface area contributed by atoms with Gasteiger partial charge in [-0.2, -0.15) is 13.2 Å². The molecule has 0 saturated carbocycles. The van der Waals surface area contributed by atoms with Crippen LogP contribution in [0.5, 0.6) is 0 Å². The Balaban J connectivity index is 2.16. The number of amides is 1. The van der Waals surface area contributed by atoms with Crippen LogP contribution in [0.3, 0.4) is 0 Å². The molecule has 2 rings (SSSR count). The number of nitrogens with one attached hydrogen (secondary N) is 1. The van der Waals surface area contributed by atoms with E-state index in [-0.39, 0.29) is 20.6 Å². The first-order valence-corrected chi connectivity index (χ1v) is 8.47. The minimum atomic E-state index is -4.66. The minimum absolute atomic E-state index is 0.0456. The first-order chi connectivity index (χ1) is 12.5. The predicted molar refractivity (Wildman–Crippen MR) is 96.4 cm³/mol. The van der Waals surface area contributed by atoms with Gasteiger partial charge >= 0.3 is 12.1 Å². The molecule has 0 aliphatic heterocycles. The maximum Gasteiger partial charge on any atom is 0.418 e. The number of alkyl halides is 3. The fraction of sp³-hybridized carbons (Fsp3) is 0.176. The number of esters is 1. The lowest BCUT2D eigenvalue weighted by Gasteiger charge is -2.17. The molecule has 2 aromatic rings. The molecule has 0 spiro atoms. The minimum Gasteiger partial charge on any atom is -0.449 e. The molecule has 0 heterocycles. The van der Waals surface area contributed by atoms with E-state index in [0.717, 1.165) is 12.1 Å². The molecule has 0 saturated heterocycles. The second-order valence-electron chi connectivity index (χ2n) is 5.30. The lowest BCUT2D eigenvalue weighted by atomic mass is 10.1. The van der Waals surface area contributed by atoms with Crippen molar-refractivity contribution in [3.63, 3.8) is 0 Å². The molecule has 0 aliphatic rings. The van der Waals surface area contributed by atoms with E-state index in [9.17, 15) is 22.8 Å². The van der Waals surface area contributed by atoms with Crippen molar-refractivity contribution in [1.82, 2.24) is 0 Å². The highest BCUT2D eigenvalue weighted by molar-refractivity contribution is 6.46. The third-order valence-electron chi connectivity index (χ3n) is 3.39. The molecule has 1 atom stereocenters. The average molecular weight is 441 g/mol. The molecule has 2 aromatic carbocycles. The molecule has 1 unspecified atom stereocenters. The van der Waals surface area contributed by atoms with Gasteiger partial charge in [-0.15, -0.1) is 0 Å². The van der Waals surface area contributed by atoms with Gasteiger partial charge in [0.2, 0.25) is 0 Å². The second-order valence-corrected chi connectivity index (χ2v) is 6.49. The molecule has 1 amide bonds. The van der Waals surface area contributed by atoms with Crippen LogP contribution >= 0.6 is 34.8 Å². The van der Waals surface area contributed by atoms with E-state index in [0.29, 0.717) is 0 Å². The summed E-state index contributed by atoms with van der Waals surface area (Å²) in [6.45, 7) is 1.19. The molecule has 1 N–H and O–H groups in total. The normalized spacial score (nSPS) is 12.4. The summed E-state index contributed by atoms with van der Waals surface area (Å²) in [6, 6.07) is 7.10. The Labute approximate surface area is 167 Å². The highest BCUT2D eigenvalue weighted by Crippen LogP contribution is 2.35. The third kappa shape index (κ3) is 5.06. The zero-order valence-electron chi connectivity index (χ0n) is 13.5. The van der Waals surface area contributed by atoms with Crippen molar-refractivity contribution in [2.75, 3.05) is 5.32 Å². The molecular formula is C17H11Cl3F3NO3. The largest absolute Gasteiger partial charge is 0.449 e. The predicted octanol–water partition coefficient (Wildman–Crippen LogP) is 5.85. The molecule has 27 heavy (non-hydrogen) atoms. The van der Waals surface area contributed by atoms with Gasteiger partial charge < -0.3 is 10.1 Å². The summed E-state index contributed by atoms with van der Waals surface area (Å²) in [4.78, 5) is 24.4. The van der Waals surface area contributed by atoms with E-state index in [1.807, 2.05) is 0 Å². The van der Waals surface area contributed by atoms with Gasteiger partial charge in [-0.3, -0.25) is 4.79 Å².